The summed E-state index contributed by atoms with van der Waals surface area (Å²) in [5, 5.41) is 12.0. The van der Waals surface area contributed by atoms with Crippen LogP contribution in [-0.4, -0.2) is 19.9 Å². The molecule has 7 nitrogen and oxygen atoms in total. The predicted molar refractivity (Wildman–Crippen MR) is 98.3 cm³/mol. The van der Waals surface area contributed by atoms with E-state index in [4.69, 9.17) is 11.0 Å². The van der Waals surface area contributed by atoms with Crippen LogP contribution in [0.4, 0.5) is 17.6 Å². The van der Waals surface area contributed by atoms with Crippen molar-refractivity contribution in [3.63, 3.8) is 0 Å². The highest BCUT2D eigenvalue weighted by molar-refractivity contribution is 5.64. The van der Waals surface area contributed by atoms with Crippen LogP contribution in [0.15, 0.2) is 42.7 Å². The van der Waals surface area contributed by atoms with Crippen molar-refractivity contribution >= 4 is 17.6 Å². The summed E-state index contributed by atoms with van der Waals surface area (Å²) in [6, 6.07) is 11.1. The number of anilines is 3. The average Bonchev–Trinajstić information content (AvgIpc) is 3.47. The molecule has 26 heavy (non-hydrogen) atoms. The zero-order valence-corrected chi connectivity index (χ0v) is 14.1. The van der Waals surface area contributed by atoms with Gasteiger partial charge >= 0.3 is 0 Å². The highest BCUT2D eigenvalue weighted by atomic mass is 15.1. The number of aromatic nitrogens is 4. The summed E-state index contributed by atoms with van der Waals surface area (Å²) in [6.45, 7) is 0. The highest BCUT2D eigenvalue weighted by Gasteiger charge is 2.24. The van der Waals surface area contributed by atoms with Crippen molar-refractivity contribution in [3.8, 4) is 17.3 Å². The molecular weight excluding hydrogens is 326 g/mol. The lowest BCUT2D eigenvalue weighted by molar-refractivity contribution is 0.802. The number of nitrogen functional groups attached to an aromatic ring is 1. The minimum Gasteiger partial charge on any atom is -0.368 e. The number of benzene rings is 1. The lowest BCUT2D eigenvalue weighted by Crippen LogP contribution is -2.04. The van der Waals surface area contributed by atoms with E-state index < -0.39 is 0 Å². The molecular formula is C19H17N7. The minimum atomic E-state index is 0.286. The molecule has 128 valence electrons. The van der Waals surface area contributed by atoms with Crippen molar-refractivity contribution in [1.82, 2.24) is 19.9 Å². The van der Waals surface area contributed by atoms with Gasteiger partial charge in [-0.15, -0.1) is 0 Å². The molecule has 0 radical (unpaired) electrons. The monoisotopic (exact) mass is 343 g/mol. The van der Waals surface area contributed by atoms with Crippen LogP contribution in [0.2, 0.25) is 0 Å². The highest BCUT2D eigenvalue weighted by Crippen LogP contribution is 2.34. The Morgan fingerprint density at radius 1 is 1.12 bits per heavy atom. The summed E-state index contributed by atoms with van der Waals surface area (Å²) in [5.41, 5.74) is 9.76. The van der Waals surface area contributed by atoms with E-state index in [9.17, 15) is 0 Å². The van der Waals surface area contributed by atoms with Gasteiger partial charge in [-0.05, 0) is 55.5 Å². The van der Waals surface area contributed by atoms with E-state index in [-0.39, 0.29) is 5.95 Å². The summed E-state index contributed by atoms with van der Waals surface area (Å²) in [4.78, 5) is 17.4. The number of nitrogens with one attached hydrogen (secondary N) is 1. The third-order valence-electron chi connectivity index (χ3n) is 4.27. The molecule has 1 aromatic carbocycles. The quantitative estimate of drug-likeness (QED) is 0.731. The van der Waals surface area contributed by atoms with Gasteiger partial charge in [0.1, 0.15) is 0 Å². The predicted octanol–water partition coefficient (Wildman–Crippen LogP) is 3.08. The van der Waals surface area contributed by atoms with Crippen LogP contribution < -0.4 is 11.1 Å². The van der Waals surface area contributed by atoms with Crippen molar-refractivity contribution in [2.45, 2.75) is 19.3 Å². The molecule has 3 aromatic rings. The summed E-state index contributed by atoms with van der Waals surface area (Å²) < 4.78 is 0. The van der Waals surface area contributed by atoms with E-state index in [0.717, 1.165) is 29.1 Å². The normalized spacial score (nSPS) is 13.2. The van der Waals surface area contributed by atoms with Crippen LogP contribution in [0.1, 0.15) is 24.1 Å². The summed E-state index contributed by atoms with van der Waals surface area (Å²) in [6.07, 6.45) is 6.79. The molecule has 2 heterocycles. The Labute approximate surface area is 151 Å². The molecule has 1 fully saturated rings. The maximum absolute atomic E-state index is 8.88. The number of nitriles is 1. The van der Waals surface area contributed by atoms with Crippen LogP contribution in [0.3, 0.4) is 0 Å². The second kappa shape index (κ2) is 6.76. The van der Waals surface area contributed by atoms with E-state index in [1.807, 2.05) is 18.2 Å². The van der Waals surface area contributed by atoms with E-state index in [1.54, 1.807) is 24.5 Å². The van der Waals surface area contributed by atoms with E-state index in [2.05, 4.69) is 31.3 Å². The van der Waals surface area contributed by atoms with E-state index >= 15 is 0 Å². The van der Waals surface area contributed by atoms with Crippen molar-refractivity contribution in [2.75, 3.05) is 11.1 Å². The number of hydrogen-bond donors (Lipinski definition) is 2. The Morgan fingerprint density at radius 3 is 2.65 bits per heavy atom. The topological polar surface area (TPSA) is 113 Å². The number of rotatable bonds is 5. The zero-order chi connectivity index (χ0) is 17.9. The first kappa shape index (κ1) is 16.0. The van der Waals surface area contributed by atoms with Crippen LogP contribution in [-0.2, 0) is 6.42 Å². The molecule has 7 heteroatoms. The van der Waals surface area contributed by atoms with Gasteiger partial charge in [0.2, 0.25) is 11.9 Å². The molecule has 0 bridgehead atoms. The smallest absolute Gasteiger partial charge is 0.227 e. The molecule has 0 unspecified atom stereocenters. The first-order chi connectivity index (χ1) is 12.7. The van der Waals surface area contributed by atoms with Gasteiger partial charge in [0.25, 0.3) is 0 Å². The molecule has 1 aliphatic carbocycles. The fourth-order valence-electron chi connectivity index (χ4n) is 2.72. The number of hydrogen-bond acceptors (Lipinski definition) is 7. The van der Waals surface area contributed by atoms with Crippen LogP contribution in [0, 0.1) is 17.2 Å². The third-order valence-corrected chi connectivity index (χ3v) is 4.27. The van der Waals surface area contributed by atoms with E-state index in [0.29, 0.717) is 17.4 Å². The van der Waals surface area contributed by atoms with Crippen molar-refractivity contribution in [2.24, 2.45) is 5.92 Å². The summed E-state index contributed by atoms with van der Waals surface area (Å²) in [5.74, 6) is 1.44. The van der Waals surface area contributed by atoms with Crippen molar-refractivity contribution in [3.05, 3.63) is 54.0 Å². The van der Waals surface area contributed by atoms with Gasteiger partial charge in [0.05, 0.1) is 23.0 Å². The third kappa shape index (κ3) is 3.59. The Kier molecular flexibility index (Phi) is 4.15. The Morgan fingerprint density at radius 2 is 1.92 bits per heavy atom. The average molecular weight is 343 g/mol. The van der Waals surface area contributed by atoms with Crippen molar-refractivity contribution < 1.29 is 0 Å². The first-order valence-corrected chi connectivity index (χ1v) is 8.43. The van der Waals surface area contributed by atoms with Gasteiger partial charge in [-0.25, -0.2) is 19.9 Å². The van der Waals surface area contributed by atoms with Crippen molar-refractivity contribution in [1.29, 1.82) is 5.26 Å². The standard InChI is InChI=1S/C19H17N7/c20-10-13-3-5-14(6-4-13)24-19-22-8-7-16(26-19)15-11-23-18(21)25-17(15)9-12-1-2-12/h3-8,11-12H,1-2,9H2,(H2,21,23,25)(H,22,24,26). The molecule has 0 amide bonds. The molecule has 0 saturated heterocycles. The van der Waals surface area contributed by atoms with Gasteiger partial charge < -0.3 is 11.1 Å². The maximum Gasteiger partial charge on any atom is 0.227 e. The molecule has 1 saturated carbocycles. The molecule has 4 rings (SSSR count). The molecule has 1 aliphatic rings. The van der Waals surface area contributed by atoms with Gasteiger partial charge in [-0.1, -0.05) is 0 Å². The lowest BCUT2D eigenvalue weighted by Gasteiger charge is -2.10. The summed E-state index contributed by atoms with van der Waals surface area (Å²) >= 11 is 0. The second-order valence-electron chi connectivity index (χ2n) is 6.32. The molecule has 2 aromatic heterocycles. The van der Waals surface area contributed by atoms with Gasteiger partial charge in [0.15, 0.2) is 0 Å². The first-order valence-electron chi connectivity index (χ1n) is 8.43. The van der Waals surface area contributed by atoms with E-state index in [1.165, 1.54) is 12.8 Å². The summed E-state index contributed by atoms with van der Waals surface area (Å²) in [7, 11) is 0. The Bertz CT molecular complexity index is 972. The van der Waals surface area contributed by atoms with Crippen LogP contribution >= 0.6 is 0 Å². The van der Waals surface area contributed by atoms with Crippen LogP contribution in [0.25, 0.3) is 11.3 Å². The van der Waals surface area contributed by atoms with Gasteiger partial charge in [-0.2, -0.15) is 5.26 Å². The van der Waals surface area contributed by atoms with Gasteiger partial charge in [-0.3, -0.25) is 0 Å². The Balaban J connectivity index is 1.62. The zero-order valence-electron chi connectivity index (χ0n) is 14.1. The fourth-order valence-corrected chi connectivity index (χ4v) is 2.72. The molecule has 0 spiro atoms. The number of nitrogens with zero attached hydrogens (tertiary/aromatic N) is 5. The second-order valence-corrected chi connectivity index (χ2v) is 6.32. The van der Waals surface area contributed by atoms with Gasteiger partial charge in [0, 0.05) is 23.6 Å². The number of nitrogens with two attached hydrogens (primary N) is 1. The fraction of sp³-hybridized carbons (Fsp3) is 0.211. The Hall–Kier alpha value is -3.53. The van der Waals surface area contributed by atoms with Crippen LogP contribution in [0.5, 0.6) is 0 Å². The molecule has 0 aliphatic heterocycles. The lowest BCUT2D eigenvalue weighted by atomic mass is 10.1. The molecule has 3 N–H and O–H groups in total. The SMILES string of the molecule is N#Cc1ccc(Nc2nccc(-c3cnc(N)nc3CC3CC3)n2)cc1. The maximum atomic E-state index is 8.88. The minimum absolute atomic E-state index is 0.286. The molecule has 0 atom stereocenters. The largest absolute Gasteiger partial charge is 0.368 e.